The van der Waals surface area contributed by atoms with Gasteiger partial charge in [-0.2, -0.15) is 0 Å². The Labute approximate surface area is 102 Å². The molecule has 0 saturated carbocycles. The SMILES string of the molecule is COC1(CNC(C)c2ccccn2)CCOC1. The topological polar surface area (TPSA) is 43.4 Å². The van der Waals surface area contributed by atoms with E-state index in [2.05, 4.69) is 17.2 Å². The maximum absolute atomic E-state index is 5.58. The van der Waals surface area contributed by atoms with Gasteiger partial charge in [-0.05, 0) is 19.1 Å². The summed E-state index contributed by atoms with van der Waals surface area (Å²) in [5.74, 6) is 0. The third-order valence-corrected chi connectivity index (χ3v) is 3.36. The number of nitrogens with one attached hydrogen (secondary N) is 1. The maximum atomic E-state index is 5.58. The van der Waals surface area contributed by atoms with Crippen LogP contribution in [-0.2, 0) is 9.47 Å². The minimum Gasteiger partial charge on any atom is -0.378 e. The summed E-state index contributed by atoms with van der Waals surface area (Å²) in [6.45, 7) is 4.36. The lowest BCUT2D eigenvalue weighted by Gasteiger charge is -2.27. The molecule has 1 aromatic heterocycles. The first-order valence-electron chi connectivity index (χ1n) is 6.03. The molecule has 0 spiro atoms. The monoisotopic (exact) mass is 236 g/mol. The molecule has 0 aliphatic carbocycles. The van der Waals surface area contributed by atoms with Gasteiger partial charge in [0.15, 0.2) is 0 Å². The van der Waals surface area contributed by atoms with E-state index < -0.39 is 0 Å². The molecule has 1 aliphatic heterocycles. The molecule has 2 rings (SSSR count). The van der Waals surface area contributed by atoms with Crippen molar-refractivity contribution in [3.8, 4) is 0 Å². The number of hydrogen-bond donors (Lipinski definition) is 1. The number of methoxy groups -OCH3 is 1. The van der Waals surface area contributed by atoms with Crippen molar-refractivity contribution in [2.24, 2.45) is 0 Å². The van der Waals surface area contributed by atoms with Crippen LogP contribution in [0, 0.1) is 0 Å². The molecule has 1 N–H and O–H groups in total. The molecule has 94 valence electrons. The van der Waals surface area contributed by atoms with E-state index in [9.17, 15) is 0 Å². The average molecular weight is 236 g/mol. The van der Waals surface area contributed by atoms with Crippen molar-refractivity contribution in [3.05, 3.63) is 30.1 Å². The number of ether oxygens (including phenoxy) is 2. The van der Waals surface area contributed by atoms with E-state index in [4.69, 9.17) is 9.47 Å². The number of pyridine rings is 1. The van der Waals surface area contributed by atoms with Crippen LogP contribution in [0.2, 0.25) is 0 Å². The predicted octanol–water partition coefficient (Wildman–Crippen LogP) is 1.54. The third kappa shape index (κ3) is 3.03. The summed E-state index contributed by atoms with van der Waals surface area (Å²) in [6.07, 6.45) is 2.77. The van der Waals surface area contributed by atoms with Crippen LogP contribution in [0.3, 0.4) is 0 Å². The van der Waals surface area contributed by atoms with Crippen molar-refractivity contribution in [1.29, 1.82) is 0 Å². The molecular weight excluding hydrogens is 216 g/mol. The first-order chi connectivity index (χ1) is 8.26. The molecule has 1 fully saturated rings. The van der Waals surface area contributed by atoms with Gasteiger partial charge in [-0.25, -0.2) is 0 Å². The highest BCUT2D eigenvalue weighted by atomic mass is 16.5. The van der Waals surface area contributed by atoms with E-state index in [1.165, 1.54) is 0 Å². The van der Waals surface area contributed by atoms with Gasteiger partial charge in [-0.3, -0.25) is 4.98 Å². The van der Waals surface area contributed by atoms with Gasteiger partial charge in [-0.1, -0.05) is 6.07 Å². The Morgan fingerprint density at radius 3 is 3.06 bits per heavy atom. The first-order valence-corrected chi connectivity index (χ1v) is 6.03. The van der Waals surface area contributed by atoms with Crippen LogP contribution in [0.15, 0.2) is 24.4 Å². The maximum Gasteiger partial charge on any atom is 0.106 e. The van der Waals surface area contributed by atoms with E-state index in [1.807, 2.05) is 24.4 Å². The van der Waals surface area contributed by atoms with E-state index in [1.54, 1.807) is 7.11 Å². The van der Waals surface area contributed by atoms with Gasteiger partial charge in [0.2, 0.25) is 0 Å². The molecule has 17 heavy (non-hydrogen) atoms. The van der Waals surface area contributed by atoms with Gasteiger partial charge in [0.1, 0.15) is 5.60 Å². The molecule has 2 atom stereocenters. The number of rotatable bonds is 5. The Balaban J connectivity index is 1.89. The minimum atomic E-state index is -0.164. The highest BCUT2D eigenvalue weighted by Crippen LogP contribution is 2.22. The van der Waals surface area contributed by atoms with Gasteiger partial charge in [-0.15, -0.1) is 0 Å². The largest absolute Gasteiger partial charge is 0.378 e. The van der Waals surface area contributed by atoms with E-state index in [-0.39, 0.29) is 11.6 Å². The summed E-state index contributed by atoms with van der Waals surface area (Å²) in [5, 5.41) is 3.47. The standard InChI is InChI=1S/C13H20N2O2/c1-11(12-5-3-4-7-14-12)15-9-13(16-2)6-8-17-10-13/h3-5,7,11,15H,6,8-10H2,1-2H3. The lowest BCUT2D eigenvalue weighted by atomic mass is 10.0. The Morgan fingerprint density at radius 1 is 1.59 bits per heavy atom. The van der Waals surface area contributed by atoms with Crippen LogP contribution in [0.1, 0.15) is 25.1 Å². The van der Waals surface area contributed by atoms with Crippen molar-refractivity contribution < 1.29 is 9.47 Å². The minimum absolute atomic E-state index is 0.164. The molecule has 0 radical (unpaired) electrons. The van der Waals surface area contributed by atoms with E-state index in [0.717, 1.165) is 25.3 Å². The molecule has 4 heteroatoms. The molecule has 1 saturated heterocycles. The Morgan fingerprint density at radius 2 is 2.47 bits per heavy atom. The zero-order valence-corrected chi connectivity index (χ0v) is 10.5. The highest BCUT2D eigenvalue weighted by molar-refractivity contribution is 5.07. The average Bonchev–Trinajstić information content (AvgIpc) is 2.86. The smallest absolute Gasteiger partial charge is 0.106 e. The molecule has 0 bridgehead atoms. The van der Waals surface area contributed by atoms with Crippen molar-refractivity contribution in [3.63, 3.8) is 0 Å². The zero-order chi connectivity index (χ0) is 12.1. The fourth-order valence-corrected chi connectivity index (χ4v) is 2.04. The number of nitrogens with zero attached hydrogens (tertiary/aromatic N) is 1. The molecule has 1 aliphatic rings. The Kier molecular flexibility index (Phi) is 4.10. The van der Waals surface area contributed by atoms with Crippen molar-refractivity contribution >= 4 is 0 Å². The molecule has 1 aromatic rings. The Hall–Kier alpha value is -0.970. The van der Waals surface area contributed by atoms with Gasteiger partial charge in [0.25, 0.3) is 0 Å². The number of hydrogen-bond acceptors (Lipinski definition) is 4. The molecule has 0 amide bonds. The predicted molar refractivity (Wildman–Crippen MR) is 65.8 cm³/mol. The summed E-state index contributed by atoms with van der Waals surface area (Å²) >= 11 is 0. The van der Waals surface area contributed by atoms with Crippen LogP contribution >= 0.6 is 0 Å². The fraction of sp³-hybridized carbons (Fsp3) is 0.615. The van der Waals surface area contributed by atoms with Gasteiger partial charge in [0.05, 0.1) is 12.3 Å². The van der Waals surface area contributed by atoms with Gasteiger partial charge < -0.3 is 14.8 Å². The van der Waals surface area contributed by atoms with Crippen molar-refractivity contribution in [2.45, 2.75) is 25.0 Å². The van der Waals surface area contributed by atoms with Crippen LogP contribution < -0.4 is 5.32 Å². The highest BCUT2D eigenvalue weighted by Gasteiger charge is 2.34. The second-order valence-electron chi connectivity index (χ2n) is 4.55. The van der Waals surface area contributed by atoms with Crippen molar-refractivity contribution in [2.75, 3.05) is 26.9 Å². The van der Waals surface area contributed by atoms with E-state index >= 15 is 0 Å². The van der Waals surface area contributed by atoms with Crippen LogP contribution in [-0.4, -0.2) is 37.5 Å². The molecule has 0 aromatic carbocycles. The lowest BCUT2D eigenvalue weighted by molar-refractivity contribution is -0.0172. The Bertz CT molecular complexity index is 337. The molecule has 2 heterocycles. The quantitative estimate of drug-likeness (QED) is 0.842. The normalized spacial score (nSPS) is 26.0. The second-order valence-corrected chi connectivity index (χ2v) is 4.55. The first kappa shape index (κ1) is 12.5. The summed E-state index contributed by atoms with van der Waals surface area (Å²) in [4.78, 5) is 4.34. The van der Waals surface area contributed by atoms with Crippen LogP contribution in [0.5, 0.6) is 0 Å². The van der Waals surface area contributed by atoms with Crippen LogP contribution in [0.4, 0.5) is 0 Å². The summed E-state index contributed by atoms with van der Waals surface area (Å²) in [5.41, 5.74) is 0.890. The van der Waals surface area contributed by atoms with Gasteiger partial charge in [0, 0.05) is 38.9 Å². The van der Waals surface area contributed by atoms with Crippen LogP contribution in [0.25, 0.3) is 0 Å². The molecular formula is C13H20N2O2. The summed E-state index contributed by atoms with van der Waals surface area (Å²) in [6, 6.07) is 6.19. The van der Waals surface area contributed by atoms with E-state index in [0.29, 0.717) is 6.61 Å². The molecule has 2 unspecified atom stereocenters. The zero-order valence-electron chi connectivity index (χ0n) is 10.5. The summed E-state index contributed by atoms with van der Waals surface area (Å²) < 4.78 is 11.0. The summed E-state index contributed by atoms with van der Waals surface area (Å²) in [7, 11) is 1.75. The number of aromatic nitrogens is 1. The fourth-order valence-electron chi connectivity index (χ4n) is 2.04. The van der Waals surface area contributed by atoms with Crippen molar-refractivity contribution in [1.82, 2.24) is 10.3 Å². The lowest BCUT2D eigenvalue weighted by Crippen LogP contribution is -2.43. The second kappa shape index (κ2) is 5.58. The van der Waals surface area contributed by atoms with Gasteiger partial charge >= 0.3 is 0 Å². The molecule has 4 nitrogen and oxygen atoms in total. The third-order valence-electron chi connectivity index (χ3n) is 3.36.